The molecule has 1 nitrogen and oxygen atoms in total. The van der Waals surface area contributed by atoms with Gasteiger partial charge in [0.05, 0.1) is 13.4 Å². The molecule has 13 heavy (non-hydrogen) atoms. The van der Waals surface area contributed by atoms with Gasteiger partial charge in [-0.2, -0.15) is 0 Å². The maximum atomic E-state index is 4.75. The molecule has 0 aromatic heterocycles. The summed E-state index contributed by atoms with van der Waals surface area (Å²) in [6.45, 7) is 5.60. The van der Waals surface area contributed by atoms with Gasteiger partial charge in [-0.3, -0.25) is 0 Å². The van der Waals surface area contributed by atoms with Crippen LogP contribution in [0.1, 0.15) is 6.92 Å². The van der Waals surface area contributed by atoms with E-state index in [0.717, 1.165) is 5.57 Å². The van der Waals surface area contributed by atoms with Crippen molar-refractivity contribution >= 4 is 0 Å². The van der Waals surface area contributed by atoms with Gasteiger partial charge in [-0.25, -0.2) is 0 Å². The third kappa shape index (κ3) is 6.88. The maximum Gasteiger partial charge on any atom is 0.0824 e. The summed E-state index contributed by atoms with van der Waals surface area (Å²) in [5, 5.41) is 0. The number of allylic oxidation sites excluding steroid dienone is 8. The Morgan fingerprint density at radius 3 is 2.38 bits per heavy atom. The van der Waals surface area contributed by atoms with Crippen LogP contribution in [0.4, 0.5) is 0 Å². The zero-order valence-corrected chi connectivity index (χ0v) is 8.23. The molecule has 0 heterocycles. The van der Waals surface area contributed by atoms with Gasteiger partial charge in [-0.15, -0.1) is 0 Å². The largest absolute Gasteiger partial charge is 0.504 e. The van der Waals surface area contributed by atoms with Gasteiger partial charge < -0.3 is 4.74 Å². The van der Waals surface area contributed by atoms with Gasteiger partial charge in [0.2, 0.25) is 0 Å². The van der Waals surface area contributed by atoms with E-state index in [0.29, 0.717) is 0 Å². The number of rotatable bonds is 5. The van der Waals surface area contributed by atoms with Gasteiger partial charge in [0.15, 0.2) is 0 Å². The summed E-state index contributed by atoms with van der Waals surface area (Å²) in [6.07, 6.45) is 15.1. The molecule has 0 amide bonds. The molecule has 0 aliphatic carbocycles. The van der Waals surface area contributed by atoms with Crippen molar-refractivity contribution in [3.8, 4) is 0 Å². The van der Waals surface area contributed by atoms with Gasteiger partial charge in [0, 0.05) is 0 Å². The predicted molar refractivity (Wildman–Crippen MR) is 58.4 cm³/mol. The lowest BCUT2D eigenvalue weighted by atomic mass is 10.2. The van der Waals surface area contributed by atoms with Crippen LogP contribution < -0.4 is 0 Å². The Morgan fingerprint density at radius 2 is 1.85 bits per heavy atom. The molecule has 0 atom stereocenters. The second kappa shape index (κ2) is 8.60. The minimum atomic E-state index is 1.14. The van der Waals surface area contributed by atoms with Crippen LogP contribution in [0.25, 0.3) is 0 Å². The van der Waals surface area contributed by atoms with E-state index in [4.69, 9.17) is 4.74 Å². The summed E-state index contributed by atoms with van der Waals surface area (Å²) in [5.74, 6) is 0. The summed E-state index contributed by atoms with van der Waals surface area (Å²) >= 11 is 0. The smallest absolute Gasteiger partial charge is 0.0824 e. The molecule has 0 aliphatic heterocycles. The highest BCUT2D eigenvalue weighted by Crippen LogP contribution is 1.99. The van der Waals surface area contributed by atoms with E-state index in [1.807, 2.05) is 43.4 Å². The highest BCUT2D eigenvalue weighted by atomic mass is 16.5. The van der Waals surface area contributed by atoms with Crippen LogP contribution in [-0.2, 0) is 4.74 Å². The zero-order valence-electron chi connectivity index (χ0n) is 8.23. The number of methoxy groups -OCH3 is 1. The summed E-state index contributed by atoms with van der Waals surface area (Å²) in [7, 11) is 1.62. The van der Waals surface area contributed by atoms with Crippen LogP contribution in [-0.4, -0.2) is 7.11 Å². The predicted octanol–water partition coefficient (Wildman–Crippen LogP) is 3.39. The first-order valence-electron chi connectivity index (χ1n) is 4.16. The summed E-state index contributed by atoms with van der Waals surface area (Å²) in [5.41, 5.74) is 1.14. The normalized spacial score (nSPS) is 13.2. The topological polar surface area (TPSA) is 9.23 Å². The monoisotopic (exact) mass is 176 g/mol. The van der Waals surface area contributed by atoms with E-state index in [1.54, 1.807) is 19.4 Å². The molecule has 0 unspecified atom stereocenters. The van der Waals surface area contributed by atoms with E-state index in [1.165, 1.54) is 0 Å². The van der Waals surface area contributed by atoms with E-state index < -0.39 is 0 Å². The van der Waals surface area contributed by atoms with Crippen molar-refractivity contribution in [1.82, 2.24) is 0 Å². The fourth-order valence-electron chi connectivity index (χ4n) is 0.718. The first kappa shape index (κ1) is 11.5. The van der Waals surface area contributed by atoms with Crippen LogP contribution in [0, 0.1) is 0 Å². The van der Waals surface area contributed by atoms with E-state index >= 15 is 0 Å². The molecule has 0 radical (unpaired) electrons. The zero-order chi connectivity index (χ0) is 9.94. The van der Waals surface area contributed by atoms with Crippen molar-refractivity contribution < 1.29 is 4.74 Å². The summed E-state index contributed by atoms with van der Waals surface area (Å²) in [6, 6.07) is 0. The van der Waals surface area contributed by atoms with Gasteiger partial charge in [0.25, 0.3) is 0 Å². The highest BCUT2D eigenvalue weighted by Gasteiger charge is 1.79. The van der Waals surface area contributed by atoms with Crippen molar-refractivity contribution in [2.45, 2.75) is 6.92 Å². The van der Waals surface area contributed by atoms with E-state index in [9.17, 15) is 0 Å². The van der Waals surface area contributed by atoms with Crippen LogP contribution in [0.3, 0.4) is 0 Å². The molecule has 70 valence electrons. The van der Waals surface area contributed by atoms with Crippen molar-refractivity contribution in [3.05, 3.63) is 60.9 Å². The molecule has 0 bridgehead atoms. The Morgan fingerprint density at radius 1 is 1.15 bits per heavy atom. The van der Waals surface area contributed by atoms with Gasteiger partial charge in [-0.05, 0) is 18.6 Å². The average molecular weight is 176 g/mol. The molecule has 0 spiro atoms. The SMILES string of the molecule is C=C\C=C/C(/C=C\C=C\OC)=C\C. The first-order valence-corrected chi connectivity index (χ1v) is 4.16. The van der Waals surface area contributed by atoms with Crippen molar-refractivity contribution in [2.75, 3.05) is 7.11 Å². The van der Waals surface area contributed by atoms with Gasteiger partial charge in [0.1, 0.15) is 0 Å². The molecule has 0 aliphatic rings. The van der Waals surface area contributed by atoms with Crippen LogP contribution >= 0.6 is 0 Å². The Hall–Kier alpha value is -1.50. The first-order chi connectivity index (χ1) is 6.35. The molecule has 0 N–H and O–H groups in total. The van der Waals surface area contributed by atoms with Crippen molar-refractivity contribution in [1.29, 1.82) is 0 Å². The van der Waals surface area contributed by atoms with Crippen LogP contribution in [0.5, 0.6) is 0 Å². The van der Waals surface area contributed by atoms with Gasteiger partial charge in [-0.1, -0.05) is 43.0 Å². The van der Waals surface area contributed by atoms with Crippen LogP contribution in [0.15, 0.2) is 60.9 Å². The number of ether oxygens (including phenoxy) is 1. The molecule has 0 aromatic rings. The molecular weight excluding hydrogens is 160 g/mol. The Kier molecular flexibility index (Phi) is 7.60. The Bertz CT molecular complexity index is 242. The molecule has 1 heteroatoms. The maximum absolute atomic E-state index is 4.75. The quantitative estimate of drug-likeness (QED) is 0.461. The lowest BCUT2D eigenvalue weighted by Crippen LogP contribution is -1.68. The molecule has 0 aromatic carbocycles. The van der Waals surface area contributed by atoms with Crippen molar-refractivity contribution in [3.63, 3.8) is 0 Å². The summed E-state index contributed by atoms with van der Waals surface area (Å²) in [4.78, 5) is 0. The van der Waals surface area contributed by atoms with Crippen LogP contribution in [0.2, 0.25) is 0 Å². The summed E-state index contributed by atoms with van der Waals surface area (Å²) < 4.78 is 4.75. The van der Waals surface area contributed by atoms with Gasteiger partial charge >= 0.3 is 0 Å². The molecule has 0 fully saturated rings. The van der Waals surface area contributed by atoms with Crippen molar-refractivity contribution in [2.24, 2.45) is 0 Å². The minimum absolute atomic E-state index is 1.14. The number of hydrogen-bond donors (Lipinski definition) is 0. The third-order valence-electron chi connectivity index (χ3n) is 1.37. The third-order valence-corrected chi connectivity index (χ3v) is 1.37. The average Bonchev–Trinajstić information content (AvgIpc) is 2.17. The van der Waals surface area contributed by atoms with E-state index in [-0.39, 0.29) is 0 Å². The lowest BCUT2D eigenvalue weighted by Gasteiger charge is -1.88. The second-order valence-electron chi connectivity index (χ2n) is 2.31. The fraction of sp³-hybridized carbons (Fsp3) is 0.167. The standard InChI is InChI=1S/C12H16O/c1-4-6-9-12(5-2)10-7-8-11-13-3/h4-11H,1H2,2-3H3/b9-6-,10-7-,11-8+,12-5+. The molecular formula is C12H16O. The number of hydrogen-bond acceptors (Lipinski definition) is 1. The Labute approximate surface area is 80.4 Å². The lowest BCUT2D eigenvalue weighted by molar-refractivity contribution is 0.338. The highest BCUT2D eigenvalue weighted by molar-refractivity contribution is 5.32. The Balaban J connectivity index is 4.14. The minimum Gasteiger partial charge on any atom is -0.504 e. The molecule has 0 saturated carbocycles. The fourth-order valence-corrected chi connectivity index (χ4v) is 0.718. The van der Waals surface area contributed by atoms with E-state index in [2.05, 4.69) is 6.58 Å². The second-order valence-corrected chi connectivity index (χ2v) is 2.31. The molecule has 0 saturated heterocycles. The molecule has 0 rings (SSSR count).